The van der Waals surface area contributed by atoms with Gasteiger partial charge in [0.15, 0.2) is 11.5 Å². The molecule has 1 amide bonds. The molecular formula is C30H34N2O4. The van der Waals surface area contributed by atoms with Crippen LogP contribution in [0.4, 0.5) is 0 Å². The van der Waals surface area contributed by atoms with E-state index in [0.29, 0.717) is 18.6 Å². The summed E-state index contributed by atoms with van der Waals surface area (Å²) in [7, 11) is 3.52. The standard InChI is InChI=1S/C30H34N2O4/c1-4-17-32-18-16-29-26-21-11-12-23(35-3)27(26)36-28(29)22(14-15-30(29,34)24(32)19-21)31(2)25(33)13-10-20-8-6-5-7-9-20/h4-13,22,24,28,34H,1,14-19H2,2-3H3/b13-10+/t22?,24-,28?,29+,30-/m1/s1. The Balaban J connectivity index is 1.41. The van der Waals surface area contributed by atoms with Gasteiger partial charge in [0, 0.05) is 31.3 Å². The van der Waals surface area contributed by atoms with Gasteiger partial charge in [0.2, 0.25) is 5.91 Å². The van der Waals surface area contributed by atoms with Crippen molar-refractivity contribution in [3.63, 3.8) is 0 Å². The molecule has 0 radical (unpaired) electrons. The molecule has 2 aromatic carbocycles. The fraction of sp³-hybridized carbons (Fsp3) is 0.433. The van der Waals surface area contributed by atoms with E-state index in [2.05, 4.69) is 17.5 Å². The first-order chi connectivity index (χ1) is 17.4. The maximum absolute atomic E-state index is 13.3. The number of hydrogen-bond donors (Lipinski definition) is 1. The number of amides is 1. The van der Waals surface area contributed by atoms with Crippen molar-refractivity contribution in [2.45, 2.75) is 54.9 Å². The van der Waals surface area contributed by atoms with Crippen molar-refractivity contribution in [3.05, 3.63) is 77.9 Å². The number of aliphatic hydroxyl groups is 1. The number of hydrogen-bond acceptors (Lipinski definition) is 5. The van der Waals surface area contributed by atoms with Crippen LogP contribution in [0.1, 0.15) is 36.0 Å². The van der Waals surface area contributed by atoms with Gasteiger partial charge in [0.25, 0.3) is 0 Å². The Hall–Kier alpha value is -3.09. The zero-order valence-corrected chi connectivity index (χ0v) is 21.0. The van der Waals surface area contributed by atoms with E-state index >= 15 is 0 Å². The number of piperidine rings is 1. The summed E-state index contributed by atoms with van der Waals surface area (Å²) in [6.45, 7) is 5.56. The highest BCUT2D eigenvalue weighted by molar-refractivity contribution is 5.92. The smallest absolute Gasteiger partial charge is 0.246 e. The van der Waals surface area contributed by atoms with E-state index in [-0.39, 0.29) is 24.1 Å². The van der Waals surface area contributed by atoms with Gasteiger partial charge in [-0.05, 0) is 55.5 Å². The summed E-state index contributed by atoms with van der Waals surface area (Å²) in [5.41, 5.74) is 1.79. The molecule has 188 valence electrons. The van der Waals surface area contributed by atoms with E-state index in [9.17, 15) is 9.90 Å². The molecule has 6 heteroatoms. The maximum Gasteiger partial charge on any atom is 0.246 e. The molecule has 0 aromatic heterocycles. The number of methoxy groups -OCH3 is 1. The van der Waals surface area contributed by atoms with Gasteiger partial charge in [-0.2, -0.15) is 0 Å². The monoisotopic (exact) mass is 486 g/mol. The van der Waals surface area contributed by atoms with Crippen molar-refractivity contribution in [2.24, 2.45) is 0 Å². The topological polar surface area (TPSA) is 62.2 Å². The Kier molecular flexibility index (Phi) is 5.50. The van der Waals surface area contributed by atoms with E-state index in [0.717, 1.165) is 42.8 Å². The SMILES string of the molecule is C=CCN1CC[C@]23c4c5ccc(OC)c4OC2C(N(C)C(=O)/C=C/c2ccccc2)CC[C@@]3(O)[C@H]1C5. The van der Waals surface area contributed by atoms with Crippen LogP contribution in [0.15, 0.2) is 61.2 Å². The molecular weight excluding hydrogens is 452 g/mol. The summed E-state index contributed by atoms with van der Waals surface area (Å²) >= 11 is 0. The Morgan fingerprint density at radius 1 is 1.28 bits per heavy atom. The predicted octanol–water partition coefficient (Wildman–Crippen LogP) is 3.58. The Bertz CT molecular complexity index is 1230. The lowest BCUT2D eigenvalue weighted by Gasteiger charge is -2.64. The molecule has 2 unspecified atom stereocenters. The average molecular weight is 487 g/mol. The minimum Gasteiger partial charge on any atom is -0.493 e. The van der Waals surface area contributed by atoms with Crippen molar-refractivity contribution in [1.82, 2.24) is 9.80 Å². The lowest BCUT2D eigenvalue weighted by molar-refractivity contribution is -0.198. The van der Waals surface area contributed by atoms with E-state index in [1.165, 1.54) is 5.56 Å². The quantitative estimate of drug-likeness (QED) is 0.500. The number of likely N-dealkylation sites (N-methyl/N-ethyl adjacent to an activating group) is 1. The Labute approximate surface area is 212 Å². The summed E-state index contributed by atoms with van der Waals surface area (Å²) in [4.78, 5) is 17.5. The molecule has 2 bridgehead atoms. The molecule has 2 fully saturated rings. The van der Waals surface area contributed by atoms with Gasteiger partial charge in [-0.1, -0.05) is 42.5 Å². The fourth-order valence-corrected chi connectivity index (χ4v) is 7.55. The van der Waals surface area contributed by atoms with Crippen LogP contribution >= 0.6 is 0 Å². The number of ether oxygens (including phenoxy) is 2. The minimum atomic E-state index is -0.941. The molecule has 2 heterocycles. The molecule has 4 aliphatic rings. The van der Waals surface area contributed by atoms with E-state index in [1.54, 1.807) is 13.2 Å². The van der Waals surface area contributed by atoms with E-state index in [1.807, 2.05) is 60.5 Å². The number of likely N-dealkylation sites (tertiary alicyclic amines) is 1. The van der Waals surface area contributed by atoms with Crippen LogP contribution in [0.3, 0.4) is 0 Å². The molecule has 1 saturated carbocycles. The highest BCUT2D eigenvalue weighted by Gasteiger charge is 2.73. The van der Waals surface area contributed by atoms with Crippen molar-refractivity contribution < 1.29 is 19.4 Å². The molecule has 1 saturated heterocycles. The van der Waals surface area contributed by atoms with E-state index < -0.39 is 11.0 Å². The number of rotatable bonds is 6. The Morgan fingerprint density at radius 2 is 2.08 bits per heavy atom. The van der Waals surface area contributed by atoms with E-state index in [4.69, 9.17) is 9.47 Å². The molecule has 1 N–H and O–H groups in total. The largest absolute Gasteiger partial charge is 0.493 e. The van der Waals surface area contributed by atoms with Gasteiger partial charge in [0.1, 0.15) is 6.10 Å². The van der Waals surface area contributed by atoms with Crippen LogP contribution in [-0.4, -0.2) is 71.8 Å². The normalized spacial score (nSPS) is 32.0. The first kappa shape index (κ1) is 23.3. The summed E-state index contributed by atoms with van der Waals surface area (Å²) < 4.78 is 12.5. The molecule has 2 aliphatic heterocycles. The number of nitrogens with zero attached hydrogens (tertiary/aromatic N) is 2. The van der Waals surface area contributed by atoms with Gasteiger partial charge >= 0.3 is 0 Å². The number of benzene rings is 2. The van der Waals surface area contributed by atoms with Crippen LogP contribution in [0, 0.1) is 0 Å². The third kappa shape index (κ3) is 3.07. The maximum atomic E-state index is 13.3. The molecule has 2 aromatic rings. The van der Waals surface area contributed by atoms with Crippen molar-refractivity contribution in [3.8, 4) is 11.5 Å². The minimum absolute atomic E-state index is 0.0119. The third-order valence-electron chi connectivity index (χ3n) is 9.17. The number of carbonyl (C=O) groups excluding carboxylic acids is 1. The second-order valence-electron chi connectivity index (χ2n) is 10.6. The lowest BCUT2D eigenvalue weighted by Crippen LogP contribution is -2.78. The molecule has 36 heavy (non-hydrogen) atoms. The van der Waals surface area contributed by atoms with Gasteiger partial charge in [-0.3, -0.25) is 9.69 Å². The summed E-state index contributed by atoms with van der Waals surface area (Å²) in [5, 5.41) is 12.5. The zero-order valence-electron chi connectivity index (χ0n) is 21.0. The molecule has 2 aliphatic carbocycles. The van der Waals surface area contributed by atoms with Gasteiger partial charge in [-0.25, -0.2) is 0 Å². The Morgan fingerprint density at radius 3 is 2.83 bits per heavy atom. The lowest BCUT2D eigenvalue weighted by atomic mass is 9.48. The predicted molar refractivity (Wildman–Crippen MR) is 139 cm³/mol. The summed E-state index contributed by atoms with van der Waals surface area (Å²) in [5.74, 6) is 1.39. The summed E-state index contributed by atoms with van der Waals surface area (Å²) in [6, 6.07) is 13.8. The highest BCUT2D eigenvalue weighted by Crippen LogP contribution is 2.65. The fourth-order valence-electron chi connectivity index (χ4n) is 7.55. The summed E-state index contributed by atoms with van der Waals surface area (Å²) in [6.07, 6.45) is 7.91. The van der Waals surface area contributed by atoms with Crippen molar-refractivity contribution in [2.75, 3.05) is 27.2 Å². The second-order valence-corrected chi connectivity index (χ2v) is 10.6. The number of carbonyl (C=O) groups is 1. The second kappa shape index (κ2) is 8.49. The van der Waals surface area contributed by atoms with Crippen LogP contribution in [0.2, 0.25) is 0 Å². The van der Waals surface area contributed by atoms with Gasteiger partial charge < -0.3 is 19.5 Å². The first-order valence-corrected chi connectivity index (χ1v) is 12.9. The van der Waals surface area contributed by atoms with Gasteiger partial charge in [0.05, 0.1) is 24.2 Å². The van der Waals surface area contributed by atoms with Crippen LogP contribution < -0.4 is 9.47 Å². The van der Waals surface area contributed by atoms with Crippen molar-refractivity contribution in [1.29, 1.82) is 0 Å². The average Bonchev–Trinajstić information content (AvgIpc) is 3.24. The third-order valence-corrected chi connectivity index (χ3v) is 9.17. The molecule has 5 atom stereocenters. The van der Waals surface area contributed by atoms with Crippen LogP contribution in [0.5, 0.6) is 11.5 Å². The highest BCUT2D eigenvalue weighted by atomic mass is 16.5. The first-order valence-electron chi connectivity index (χ1n) is 12.9. The van der Waals surface area contributed by atoms with Crippen LogP contribution in [0.25, 0.3) is 6.08 Å². The molecule has 6 rings (SSSR count). The van der Waals surface area contributed by atoms with Crippen molar-refractivity contribution >= 4 is 12.0 Å². The van der Waals surface area contributed by atoms with Crippen LogP contribution in [-0.2, 0) is 16.6 Å². The zero-order chi connectivity index (χ0) is 25.1. The molecule has 1 spiro atoms. The van der Waals surface area contributed by atoms with Gasteiger partial charge in [-0.15, -0.1) is 6.58 Å². The molecule has 6 nitrogen and oxygen atoms in total.